The number of hydrogen-bond acceptors (Lipinski definition) is 1. The van der Waals surface area contributed by atoms with Crippen molar-refractivity contribution in [2.45, 2.75) is 27.3 Å². The minimum atomic E-state index is 0.489. The number of benzene rings is 1. The molecule has 90 valence electrons. The standard InChI is InChI=1S/C14H16ClNO/c1-9(2)7-16-13-6-10(3)4-5-11(13)12(8-17)14(16)15/h4-6,8-9H,7H2,1-3H3. The van der Waals surface area contributed by atoms with Crippen LogP contribution in [0.4, 0.5) is 0 Å². The Morgan fingerprint density at radius 2 is 2.12 bits per heavy atom. The van der Waals surface area contributed by atoms with Crippen LogP contribution in [-0.4, -0.2) is 10.9 Å². The number of carbonyl (C=O) groups excluding carboxylic acids is 1. The third-order valence-electron chi connectivity index (χ3n) is 2.86. The van der Waals surface area contributed by atoms with Gasteiger partial charge in [0.15, 0.2) is 6.29 Å². The van der Waals surface area contributed by atoms with Crippen molar-refractivity contribution < 1.29 is 4.79 Å². The first-order valence-corrected chi connectivity index (χ1v) is 6.16. The van der Waals surface area contributed by atoms with Gasteiger partial charge < -0.3 is 4.57 Å². The number of aldehydes is 1. The summed E-state index contributed by atoms with van der Waals surface area (Å²) in [5.74, 6) is 0.489. The largest absolute Gasteiger partial charge is 0.331 e. The normalized spacial score (nSPS) is 11.4. The minimum absolute atomic E-state index is 0.489. The zero-order chi connectivity index (χ0) is 12.6. The maximum atomic E-state index is 11.1. The number of nitrogens with zero attached hydrogens (tertiary/aromatic N) is 1. The molecule has 1 heterocycles. The van der Waals surface area contributed by atoms with Gasteiger partial charge in [-0.1, -0.05) is 37.6 Å². The van der Waals surface area contributed by atoms with Crippen molar-refractivity contribution in [2.24, 2.45) is 5.92 Å². The van der Waals surface area contributed by atoms with Gasteiger partial charge in [-0.15, -0.1) is 0 Å². The van der Waals surface area contributed by atoms with Crippen LogP contribution < -0.4 is 0 Å². The molecule has 0 amide bonds. The summed E-state index contributed by atoms with van der Waals surface area (Å²) < 4.78 is 2.03. The van der Waals surface area contributed by atoms with E-state index in [-0.39, 0.29) is 0 Å². The van der Waals surface area contributed by atoms with E-state index in [2.05, 4.69) is 19.9 Å². The lowest BCUT2D eigenvalue weighted by Crippen LogP contribution is -2.04. The second-order valence-corrected chi connectivity index (χ2v) is 5.21. The maximum Gasteiger partial charge on any atom is 0.153 e. The highest BCUT2D eigenvalue weighted by molar-refractivity contribution is 6.34. The molecule has 1 aromatic heterocycles. The number of aromatic nitrogens is 1. The first-order valence-electron chi connectivity index (χ1n) is 5.78. The lowest BCUT2D eigenvalue weighted by molar-refractivity contribution is 0.112. The fourth-order valence-electron chi connectivity index (χ4n) is 2.11. The molecule has 2 nitrogen and oxygen atoms in total. The molecule has 0 saturated heterocycles. The van der Waals surface area contributed by atoms with Crippen molar-refractivity contribution in [3.63, 3.8) is 0 Å². The third kappa shape index (κ3) is 2.09. The van der Waals surface area contributed by atoms with Crippen molar-refractivity contribution in [1.82, 2.24) is 4.57 Å². The molecule has 0 aliphatic carbocycles. The van der Waals surface area contributed by atoms with Crippen molar-refractivity contribution >= 4 is 28.8 Å². The van der Waals surface area contributed by atoms with E-state index in [1.807, 2.05) is 23.6 Å². The Balaban J connectivity index is 2.75. The zero-order valence-electron chi connectivity index (χ0n) is 10.3. The Hall–Kier alpha value is -1.28. The predicted octanol–water partition coefficient (Wildman–Crippen LogP) is 4.07. The Kier molecular flexibility index (Phi) is 3.25. The summed E-state index contributed by atoms with van der Waals surface area (Å²) in [6, 6.07) is 6.05. The van der Waals surface area contributed by atoms with Gasteiger partial charge in [0, 0.05) is 11.9 Å². The third-order valence-corrected chi connectivity index (χ3v) is 3.27. The van der Waals surface area contributed by atoms with Crippen molar-refractivity contribution in [3.8, 4) is 0 Å². The van der Waals surface area contributed by atoms with Crippen molar-refractivity contribution in [3.05, 3.63) is 34.5 Å². The molecule has 2 rings (SSSR count). The quantitative estimate of drug-likeness (QED) is 0.752. The fourth-order valence-corrected chi connectivity index (χ4v) is 2.42. The SMILES string of the molecule is Cc1ccc2c(C=O)c(Cl)n(CC(C)C)c2c1. The van der Waals surface area contributed by atoms with Gasteiger partial charge in [-0.25, -0.2) is 0 Å². The monoisotopic (exact) mass is 249 g/mol. The molecule has 0 fully saturated rings. The molecule has 1 aromatic carbocycles. The van der Waals surface area contributed by atoms with Gasteiger partial charge in [-0.05, 0) is 24.5 Å². The van der Waals surface area contributed by atoms with Crippen molar-refractivity contribution in [2.75, 3.05) is 0 Å². The van der Waals surface area contributed by atoms with Gasteiger partial charge in [0.05, 0.1) is 11.1 Å². The number of fused-ring (bicyclic) bond motifs is 1. The molecule has 17 heavy (non-hydrogen) atoms. The summed E-state index contributed by atoms with van der Waals surface area (Å²) >= 11 is 6.28. The predicted molar refractivity (Wildman–Crippen MR) is 71.9 cm³/mol. The average Bonchev–Trinajstić information content (AvgIpc) is 2.51. The molecule has 0 saturated carbocycles. The first kappa shape index (κ1) is 12.2. The van der Waals surface area contributed by atoms with Gasteiger partial charge in [0.1, 0.15) is 5.15 Å². The highest BCUT2D eigenvalue weighted by atomic mass is 35.5. The summed E-state index contributed by atoms with van der Waals surface area (Å²) in [4.78, 5) is 11.1. The van der Waals surface area contributed by atoms with Crippen LogP contribution in [-0.2, 0) is 6.54 Å². The molecule has 0 atom stereocenters. The van der Waals surface area contributed by atoms with E-state index in [1.54, 1.807) is 0 Å². The van der Waals surface area contributed by atoms with Crippen LogP contribution in [0.5, 0.6) is 0 Å². The molecule has 0 unspecified atom stereocenters. The summed E-state index contributed by atoms with van der Waals surface area (Å²) in [5.41, 5.74) is 2.82. The average molecular weight is 250 g/mol. The Labute approximate surface area is 106 Å². The number of carbonyl (C=O) groups is 1. The number of aryl methyl sites for hydroxylation is 1. The van der Waals surface area contributed by atoms with Gasteiger partial charge in [-0.2, -0.15) is 0 Å². The van der Waals surface area contributed by atoms with E-state index in [4.69, 9.17) is 11.6 Å². The van der Waals surface area contributed by atoms with E-state index >= 15 is 0 Å². The summed E-state index contributed by atoms with van der Waals surface area (Å²) in [5, 5.41) is 1.49. The van der Waals surface area contributed by atoms with Crippen LogP contribution in [0.25, 0.3) is 10.9 Å². The first-order chi connectivity index (χ1) is 8.04. The van der Waals surface area contributed by atoms with Crippen LogP contribution in [0.2, 0.25) is 5.15 Å². The lowest BCUT2D eigenvalue weighted by atomic mass is 10.1. The van der Waals surface area contributed by atoms with Gasteiger partial charge >= 0.3 is 0 Å². The summed E-state index contributed by atoms with van der Waals surface area (Å²) in [6.45, 7) is 7.14. The minimum Gasteiger partial charge on any atom is -0.331 e. The van der Waals surface area contributed by atoms with Crippen LogP contribution in [0.15, 0.2) is 18.2 Å². The summed E-state index contributed by atoms with van der Waals surface area (Å²) in [6.07, 6.45) is 0.844. The maximum absolute atomic E-state index is 11.1. The fraction of sp³-hybridized carbons (Fsp3) is 0.357. The van der Waals surface area contributed by atoms with Crippen molar-refractivity contribution in [1.29, 1.82) is 0 Å². The van der Waals surface area contributed by atoms with E-state index in [0.29, 0.717) is 16.6 Å². The van der Waals surface area contributed by atoms with Gasteiger partial charge in [0.25, 0.3) is 0 Å². The molecule has 0 aliphatic heterocycles. The molecule has 3 heteroatoms. The lowest BCUT2D eigenvalue weighted by Gasteiger charge is -2.10. The zero-order valence-corrected chi connectivity index (χ0v) is 11.1. The molecule has 0 spiro atoms. The van der Waals surface area contributed by atoms with E-state index in [0.717, 1.165) is 23.7 Å². The smallest absolute Gasteiger partial charge is 0.153 e. The Morgan fingerprint density at radius 1 is 1.41 bits per heavy atom. The van der Waals surface area contributed by atoms with Gasteiger partial charge in [-0.3, -0.25) is 4.79 Å². The van der Waals surface area contributed by atoms with Crippen LogP contribution in [0.1, 0.15) is 29.8 Å². The van der Waals surface area contributed by atoms with E-state index in [1.165, 1.54) is 5.56 Å². The summed E-state index contributed by atoms with van der Waals surface area (Å²) in [7, 11) is 0. The molecular weight excluding hydrogens is 234 g/mol. The highest BCUT2D eigenvalue weighted by Gasteiger charge is 2.15. The van der Waals surface area contributed by atoms with Gasteiger partial charge in [0.2, 0.25) is 0 Å². The van der Waals surface area contributed by atoms with E-state index < -0.39 is 0 Å². The van der Waals surface area contributed by atoms with E-state index in [9.17, 15) is 4.79 Å². The Bertz CT molecular complexity index is 569. The van der Waals surface area contributed by atoms with Crippen LogP contribution in [0.3, 0.4) is 0 Å². The topological polar surface area (TPSA) is 22.0 Å². The molecule has 2 aromatic rings. The Morgan fingerprint density at radius 3 is 2.71 bits per heavy atom. The molecule has 0 radical (unpaired) electrons. The molecule has 0 aliphatic rings. The molecular formula is C14H16ClNO. The second-order valence-electron chi connectivity index (χ2n) is 4.85. The number of hydrogen-bond donors (Lipinski definition) is 0. The second kappa shape index (κ2) is 4.53. The number of halogens is 1. The number of rotatable bonds is 3. The highest BCUT2D eigenvalue weighted by Crippen LogP contribution is 2.30. The molecule has 0 bridgehead atoms. The molecule has 0 N–H and O–H groups in total. The van der Waals surface area contributed by atoms with Crippen LogP contribution in [0, 0.1) is 12.8 Å². The van der Waals surface area contributed by atoms with Crippen LogP contribution >= 0.6 is 11.6 Å².